The molecule has 0 saturated carbocycles. The minimum absolute atomic E-state index is 0.208. The zero-order chi connectivity index (χ0) is 16.0. The van der Waals surface area contributed by atoms with Crippen LogP contribution in [0.25, 0.3) is 0 Å². The fourth-order valence-electron chi connectivity index (χ4n) is 2.16. The van der Waals surface area contributed by atoms with Gasteiger partial charge in [0.15, 0.2) is 0 Å². The number of carbonyl (C=O) groups is 1. The number of thioether (sulfide) groups is 1. The molecule has 0 spiro atoms. The van der Waals surface area contributed by atoms with E-state index in [1.54, 1.807) is 11.8 Å². The number of hydrogen-bond donors (Lipinski definition) is 2. The van der Waals surface area contributed by atoms with Gasteiger partial charge in [-0.15, -0.1) is 11.8 Å². The van der Waals surface area contributed by atoms with Gasteiger partial charge in [-0.25, -0.2) is 4.79 Å². The molecule has 0 bridgehead atoms. The maximum atomic E-state index is 11.6. The van der Waals surface area contributed by atoms with Crippen molar-refractivity contribution >= 4 is 23.4 Å². The first-order chi connectivity index (χ1) is 9.86. The zero-order valence-electron chi connectivity index (χ0n) is 13.5. The standard InChI is InChI=1S/C16H26N2O2S/c1-6-21-14-9-7-8-12(15(14)16(19)20)17-13(11(2)3)10-18(4)5/h7-9,11,13,17H,6,10H2,1-5H3,(H,19,20). The summed E-state index contributed by atoms with van der Waals surface area (Å²) >= 11 is 1.56. The van der Waals surface area contributed by atoms with Crippen LogP contribution in [0.15, 0.2) is 23.1 Å². The highest BCUT2D eigenvalue weighted by atomic mass is 32.2. The van der Waals surface area contributed by atoms with Crippen molar-refractivity contribution in [2.75, 3.05) is 31.7 Å². The Hall–Kier alpha value is -1.20. The van der Waals surface area contributed by atoms with Crippen molar-refractivity contribution in [3.05, 3.63) is 23.8 Å². The van der Waals surface area contributed by atoms with E-state index >= 15 is 0 Å². The van der Waals surface area contributed by atoms with Crippen LogP contribution in [0.4, 0.5) is 5.69 Å². The summed E-state index contributed by atoms with van der Waals surface area (Å²) in [6.07, 6.45) is 0. The summed E-state index contributed by atoms with van der Waals surface area (Å²) < 4.78 is 0. The average molecular weight is 310 g/mol. The van der Waals surface area contributed by atoms with Crippen molar-refractivity contribution in [1.82, 2.24) is 4.90 Å². The van der Waals surface area contributed by atoms with Crippen molar-refractivity contribution in [3.63, 3.8) is 0 Å². The molecule has 1 atom stereocenters. The molecule has 0 radical (unpaired) electrons. The topological polar surface area (TPSA) is 52.6 Å². The highest BCUT2D eigenvalue weighted by Gasteiger charge is 2.20. The number of rotatable bonds is 8. The predicted octanol–water partition coefficient (Wildman–Crippen LogP) is 3.49. The molecule has 2 N–H and O–H groups in total. The number of nitrogens with zero attached hydrogens (tertiary/aromatic N) is 1. The summed E-state index contributed by atoms with van der Waals surface area (Å²) in [7, 11) is 4.05. The second-order valence-electron chi connectivity index (χ2n) is 5.67. The molecule has 0 aliphatic carbocycles. The van der Waals surface area contributed by atoms with Gasteiger partial charge in [-0.1, -0.05) is 26.8 Å². The second kappa shape index (κ2) is 8.29. The Morgan fingerprint density at radius 2 is 2.05 bits per heavy atom. The normalized spacial score (nSPS) is 12.7. The molecule has 1 aromatic rings. The first kappa shape index (κ1) is 17.9. The molecule has 21 heavy (non-hydrogen) atoms. The van der Waals surface area contributed by atoms with Crippen molar-refractivity contribution in [2.45, 2.75) is 31.7 Å². The van der Waals surface area contributed by atoms with E-state index < -0.39 is 5.97 Å². The van der Waals surface area contributed by atoms with E-state index in [4.69, 9.17) is 0 Å². The lowest BCUT2D eigenvalue weighted by molar-refractivity contribution is 0.0694. The fourth-order valence-corrected chi connectivity index (χ4v) is 2.99. The molecule has 1 unspecified atom stereocenters. The van der Waals surface area contributed by atoms with E-state index in [0.29, 0.717) is 17.2 Å². The van der Waals surface area contributed by atoms with Crippen LogP contribution < -0.4 is 5.32 Å². The van der Waals surface area contributed by atoms with Crippen LogP contribution in [0.1, 0.15) is 31.1 Å². The van der Waals surface area contributed by atoms with Gasteiger partial charge in [0.1, 0.15) is 0 Å². The van der Waals surface area contributed by atoms with Gasteiger partial charge < -0.3 is 15.3 Å². The Kier molecular flexibility index (Phi) is 7.05. The van der Waals surface area contributed by atoms with Crippen LogP contribution in [-0.4, -0.2) is 48.4 Å². The average Bonchev–Trinajstić information content (AvgIpc) is 2.37. The summed E-state index contributed by atoms with van der Waals surface area (Å²) in [4.78, 5) is 14.6. The number of benzene rings is 1. The van der Waals surface area contributed by atoms with Crippen molar-refractivity contribution in [1.29, 1.82) is 0 Å². The van der Waals surface area contributed by atoms with Gasteiger partial charge in [-0.3, -0.25) is 0 Å². The predicted molar refractivity (Wildman–Crippen MR) is 90.6 cm³/mol. The molecular formula is C16H26N2O2S. The van der Waals surface area contributed by atoms with Crippen molar-refractivity contribution in [2.24, 2.45) is 5.92 Å². The van der Waals surface area contributed by atoms with Crippen LogP contribution in [-0.2, 0) is 0 Å². The first-order valence-corrected chi connectivity index (χ1v) is 8.25. The molecule has 0 saturated heterocycles. The Bertz CT molecular complexity index is 475. The lowest BCUT2D eigenvalue weighted by Gasteiger charge is -2.27. The minimum Gasteiger partial charge on any atom is -0.478 e. The summed E-state index contributed by atoms with van der Waals surface area (Å²) in [6.45, 7) is 7.18. The molecule has 0 aliphatic rings. The molecule has 0 aliphatic heterocycles. The maximum absolute atomic E-state index is 11.6. The lowest BCUT2D eigenvalue weighted by Crippen LogP contribution is -2.36. The zero-order valence-corrected chi connectivity index (χ0v) is 14.3. The van der Waals surface area contributed by atoms with E-state index in [0.717, 1.165) is 17.2 Å². The van der Waals surface area contributed by atoms with Crippen LogP contribution in [0.2, 0.25) is 0 Å². The fraction of sp³-hybridized carbons (Fsp3) is 0.562. The molecule has 5 heteroatoms. The van der Waals surface area contributed by atoms with Gasteiger partial charge in [0.25, 0.3) is 0 Å². The summed E-state index contributed by atoms with van der Waals surface area (Å²) in [5.74, 6) is 0.396. The van der Waals surface area contributed by atoms with Crippen LogP contribution in [0.5, 0.6) is 0 Å². The third kappa shape index (κ3) is 5.25. The smallest absolute Gasteiger partial charge is 0.338 e. The number of likely N-dealkylation sites (N-methyl/N-ethyl adjacent to an activating group) is 1. The van der Waals surface area contributed by atoms with E-state index in [2.05, 4.69) is 24.1 Å². The first-order valence-electron chi connectivity index (χ1n) is 7.27. The third-order valence-electron chi connectivity index (χ3n) is 3.25. The molecule has 1 aromatic carbocycles. The number of carboxylic acid groups (broad SMARTS) is 1. The lowest BCUT2D eigenvalue weighted by atomic mass is 10.0. The molecule has 0 aromatic heterocycles. The molecule has 0 amide bonds. The maximum Gasteiger partial charge on any atom is 0.338 e. The summed E-state index contributed by atoms with van der Waals surface area (Å²) in [6, 6.07) is 5.85. The SMILES string of the molecule is CCSc1cccc(NC(CN(C)C)C(C)C)c1C(=O)O. The minimum atomic E-state index is -0.874. The quantitative estimate of drug-likeness (QED) is 0.720. The van der Waals surface area contributed by atoms with E-state index in [-0.39, 0.29) is 6.04 Å². The van der Waals surface area contributed by atoms with Gasteiger partial charge >= 0.3 is 5.97 Å². The van der Waals surface area contributed by atoms with Crippen LogP contribution in [0.3, 0.4) is 0 Å². The summed E-state index contributed by atoms with van der Waals surface area (Å²) in [5, 5.41) is 13.0. The summed E-state index contributed by atoms with van der Waals surface area (Å²) in [5.41, 5.74) is 1.09. The highest BCUT2D eigenvalue weighted by Crippen LogP contribution is 2.29. The Labute approximate surface area is 131 Å². The van der Waals surface area contributed by atoms with Crippen LogP contribution in [0, 0.1) is 5.92 Å². The molecule has 0 heterocycles. The number of hydrogen-bond acceptors (Lipinski definition) is 4. The molecule has 118 valence electrons. The Balaban J connectivity index is 3.10. The number of anilines is 1. The van der Waals surface area contributed by atoms with E-state index in [1.165, 1.54) is 0 Å². The third-order valence-corrected chi connectivity index (χ3v) is 4.19. The van der Waals surface area contributed by atoms with Gasteiger partial charge in [-0.05, 0) is 37.9 Å². The van der Waals surface area contributed by atoms with Crippen molar-refractivity contribution < 1.29 is 9.90 Å². The molecule has 4 nitrogen and oxygen atoms in total. The number of nitrogens with one attached hydrogen (secondary N) is 1. The van der Waals surface area contributed by atoms with Gasteiger partial charge in [0, 0.05) is 17.5 Å². The van der Waals surface area contributed by atoms with Gasteiger partial charge in [-0.2, -0.15) is 0 Å². The largest absolute Gasteiger partial charge is 0.478 e. The van der Waals surface area contributed by atoms with Crippen molar-refractivity contribution in [3.8, 4) is 0 Å². The Morgan fingerprint density at radius 3 is 2.52 bits per heavy atom. The Morgan fingerprint density at radius 1 is 1.38 bits per heavy atom. The molecule has 0 fully saturated rings. The van der Waals surface area contributed by atoms with Crippen LogP contribution >= 0.6 is 11.8 Å². The number of carboxylic acids is 1. The van der Waals surface area contributed by atoms with E-state index in [9.17, 15) is 9.90 Å². The molecular weight excluding hydrogens is 284 g/mol. The second-order valence-corrected chi connectivity index (χ2v) is 6.98. The number of aromatic carboxylic acids is 1. The molecule has 1 rings (SSSR count). The highest BCUT2D eigenvalue weighted by molar-refractivity contribution is 7.99. The van der Waals surface area contributed by atoms with E-state index in [1.807, 2.05) is 39.2 Å². The van der Waals surface area contributed by atoms with Gasteiger partial charge in [0.2, 0.25) is 0 Å². The van der Waals surface area contributed by atoms with Gasteiger partial charge in [0.05, 0.1) is 11.3 Å². The monoisotopic (exact) mass is 310 g/mol.